The normalized spacial score (nSPS) is 36.4. The Hall–Kier alpha value is -0.0800. The summed E-state index contributed by atoms with van der Waals surface area (Å²) >= 11 is 0. The molecular formula is C12H24N2. The molecule has 1 saturated heterocycles. The molecule has 1 aliphatic carbocycles. The predicted octanol–water partition coefficient (Wildman–Crippen LogP) is 2.00. The Bertz CT molecular complexity index is 187. The zero-order valence-corrected chi connectivity index (χ0v) is 9.68. The molecule has 1 saturated carbocycles. The molecule has 1 heterocycles. The Morgan fingerprint density at radius 1 is 1.21 bits per heavy atom. The van der Waals surface area contributed by atoms with Gasteiger partial charge in [-0.3, -0.25) is 4.90 Å². The number of hydrogen-bond acceptors (Lipinski definition) is 2. The third-order valence-corrected chi connectivity index (χ3v) is 4.20. The van der Waals surface area contributed by atoms with Gasteiger partial charge in [-0.15, -0.1) is 0 Å². The third kappa shape index (κ3) is 2.12. The lowest BCUT2D eigenvalue weighted by Gasteiger charge is -2.32. The van der Waals surface area contributed by atoms with E-state index in [1.54, 1.807) is 0 Å². The SMILES string of the molecule is CNC1(C)CCN(C2CCCCC2)C1. The van der Waals surface area contributed by atoms with Crippen molar-refractivity contribution in [3.05, 3.63) is 0 Å². The van der Waals surface area contributed by atoms with E-state index in [0.717, 1.165) is 6.04 Å². The van der Waals surface area contributed by atoms with Gasteiger partial charge >= 0.3 is 0 Å². The van der Waals surface area contributed by atoms with Gasteiger partial charge in [-0.1, -0.05) is 19.3 Å². The molecule has 0 aromatic carbocycles. The fourth-order valence-electron chi connectivity index (χ4n) is 2.96. The van der Waals surface area contributed by atoms with Crippen molar-refractivity contribution in [2.45, 2.75) is 57.0 Å². The topological polar surface area (TPSA) is 15.3 Å². The standard InChI is InChI=1S/C12H24N2/c1-12(13-2)8-9-14(10-12)11-6-4-3-5-7-11/h11,13H,3-10H2,1-2H3. The highest BCUT2D eigenvalue weighted by molar-refractivity contribution is 4.95. The van der Waals surface area contributed by atoms with E-state index < -0.39 is 0 Å². The third-order valence-electron chi connectivity index (χ3n) is 4.20. The Balaban J connectivity index is 1.88. The number of likely N-dealkylation sites (N-methyl/N-ethyl adjacent to an activating group) is 1. The molecule has 2 fully saturated rings. The minimum atomic E-state index is 0.386. The number of likely N-dealkylation sites (tertiary alicyclic amines) is 1. The lowest BCUT2D eigenvalue weighted by molar-refractivity contribution is 0.179. The van der Waals surface area contributed by atoms with Gasteiger partial charge in [0.25, 0.3) is 0 Å². The van der Waals surface area contributed by atoms with Crippen molar-refractivity contribution < 1.29 is 0 Å². The molecule has 1 aliphatic heterocycles. The van der Waals surface area contributed by atoms with Crippen molar-refractivity contribution >= 4 is 0 Å². The van der Waals surface area contributed by atoms with Crippen LogP contribution in [0.2, 0.25) is 0 Å². The van der Waals surface area contributed by atoms with Crippen molar-refractivity contribution in [3.8, 4) is 0 Å². The fraction of sp³-hybridized carbons (Fsp3) is 1.00. The molecular weight excluding hydrogens is 172 g/mol. The van der Waals surface area contributed by atoms with Gasteiger partial charge in [0.15, 0.2) is 0 Å². The van der Waals surface area contributed by atoms with Gasteiger partial charge in [0.2, 0.25) is 0 Å². The van der Waals surface area contributed by atoms with E-state index in [1.807, 2.05) is 0 Å². The van der Waals surface area contributed by atoms with E-state index >= 15 is 0 Å². The second kappa shape index (κ2) is 4.19. The van der Waals surface area contributed by atoms with Crippen LogP contribution >= 0.6 is 0 Å². The largest absolute Gasteiger partial charge is 0.313 e. The quantitative estimate of drug-likeness (QED) is 0.727. The summed E-state index contributed by atoms with van der Waals surface area (Å²) in [5.41, 5.74) is 0.386. The van der Waals surface area contributed by atoms with Crippen LogP contribution in [-0.2, 0) is 0 Å². The van der Waals surface area contributed by atoms with E-state index in [-0.39, 0.29) is 0 Å². The maximum absolute atomic E-state index is 3.47. The van der Waals surface area contributed by atoms with E-state index in [2.05, 4.69) is 24.2 Å². The van der Waals surface area contributed by atoms with Gasteiger partial charge < -0.3 is 5.32 Å². The number of nitrogens with zero attached hydrogens (tertiary/aromatic N) is 1. The predicted molar refractivity (Wildman–Crippen MR) is 60.5 cm³/mol. The van der Waals surface area contributed by atoms with E-state index in [4.69, 9.17) is 0 Å². The van der Waals surface area contributed by atoms with Gasteiger partial charge in [0.1, 0.15) is 0 Å². The smallest absolute Gasteiger partial charge is 0.0289 e. The van der Waals surface area contributed by atoms with Crippen LogP contribution < -0.4 is 5.32 Å². The highest BCUT2D eigenvalue weighted by atomic mass is 15.2. The lowest BCUT2D eigenvalue weighted by atomic mass is 9.94. The van der Waals surface area contributed by atoms with Crippen LogP contribution in [0, 0.1) is 0 Å². The summed E-state index contributed by atoms with van der Waals surface area (Å²) in [7, 11) is 2.10. The molecule has 14 heavy (non-hydrogen) atoms. The summed E-state index contributed by atoms with van der Waals surface area (Å²) in [6.07, 6.45) is 8.59. The Labute approximate surface area is 88.1 Å². The van der Waals surface area contributed by atoms with Gasteiger partial charge in [-0.25, -0.2) is 0 Å². The molecule has 2 aliphatic rings. The zero-order chi connectivity index (χ0) is 10.0. The highest BCUT2D eigenvalue weighted by Gasteiger charge is 2.35. The number of nitrogens with one attached hydrogen (secondary N) is 1. The first-order valence-corrected chi connectivity index (χ1v) is 6.16. The van der Waals surface area contributed by atoms with Crippen LogP contribution in [0.1, 0.15) is 45.4 Å². The lowest BCUT2D eigenvalue weighted by Crippen LogP contribution is -2.44. The average Bonchev–Trinajstić information content (AvgIpc) is 2.63. The summed E-state index contributed by atoms with van der Waals surface area (Å²) in [5, 5.41) is 3.47. The molecule has 0 amide bonds. The maximum atomic E-state index is 3.47. The molecule has 1 N–H and O–H groups in total. The molecule has 0 aromatic rings. The fourth-order valence-corrected chi connectivity index (χ4v) is 2.96. The van der Waals surface area contributed by atoms with E-state index in [9.17, 15) is 0 Å². The minimum Gasteiger partial charge on any atom is -0.313 e. The van der Waals surface area contributed by atoms with Gasteiger partial charge in [0, 0.05) is 24.7 Å². The molecule has 1 unspecified atom stereocenters. The van der Waals surface area contributed by atoms with Gasteiger partial charge in [0.05, 0.1) is 0 Å². The van der Waals surface area contributed by atoms with Crippen LogP contribution in [-0.4, -0.2) is 36.6 Å². The molecule has 0 aromatic heterocycles. The van der Waals surface area contributed by atoms with Crippen molar-refractivity contribution in [2.75, 3.05) is 20.1 Å². The second-order valence-electron chi connectivity index (χ2n) is 5.32. The zero-order valence-electron chi connectivity index (χ0n) is 9.68. The van der Waals surface area contributed by atoms with Crippen molar-refractivity contribution in [2.24, 2.45) is 0 Å². The molecule has 82 valence electrons. The van der Waals surface area contributed by atoms with E-state index in [0.29, 0.717) is 5.54 Å². The summed E-state index contributed by atoms with van der Waals surface area (Å²) < 4.78 is 0. The summed E-state index contributed by atoms with van der Waals surface area (Å²) in [6, 6.07) is 0.902. The van der Waals surface area contributed by atoms with Crippen LogP contribution in [0.5, 0.6) is 0 Å². The Morgan fingerprint density at radius 3 is 2.50 bits per heavy atom. The van der Waals surface area contributed by atoms with Gasteiger partial charge in [-0.2, -0.15) is 0 Å². The molecule has 0 bridgehead atoms. The van der Waals surface area contributed by atoms with Gasteiger partial charge in [-0.05, 0) is 33.2 Å². The molecule has 0 radical (unpaired) electrons. The number of rotatable bonds is 2. The van der Waals surface area contributed by atoms with Crippen LogP contribution in [0.3, 0.4) is 0 Å². The first-order valence-electron chi connectivity index (χ1n) is 6.16. The van der Waals surface area contributed by atoms with Crippen LogP contribution in [0.15, 0.2) is 0 Å². The Morgan fingerprint density at radius 2 is 1.93 bits per heavy atom. The molecule has 1 atom stereocenters. The highest BCUT2D eigenvalue weighted by Crippen LogP contribution is 2.29. The van der Waals surface area contributed by atoms with Crippen molar-refractivity contribution in [1.82, 2.24) is 10.2 Å². The first-order chi connectivity index (χ1) is 6.73. The molecule has 0 spiro atoms. The summed E-state index contributed by atoms with van der Waals surface area (Å²) in [5.74, 6) is 0. The summed E-state index contributed by atoms with van der Waals surface area (Å²) in [6.45, 7) is 4.92. The van der Waals surface area contributed by atoms with Crippen LogP contribution in [0.4, 0.5) is 0 Å². The Kier molecular flexibility index (Phi) is 3.13. The first kappa shape index (κ1) is 10.4. The number of hydrogen-bond donors (Lipinski definition) is 1. The summed E-state index contributed by atoms with van der Waals surface area (Å²) in [4.78, 5) is 2.72. The van der Waals surface area contributed by atoms with Crippen LogP contribution in [0.25, 0.3) is 0 Å². The average molecular weight is 196 g/mol. The molecule has 2 nitrogen and oxygen atoms in total. The van der Waals surface area contributed by atoms with Crippen molar-refractivity contribution in [1.29, 1.82) is 0 Å². The van der Waals surface area contributed by atoms with E-state index in [1.165, 1.54) is 51.6 Å². The maximum Gasteiger partial charge on any atom is 0.0289 e. The monoisotopic (exact) mass is 196 g/mol. The molecule has 2 rings (SSSR count). The second-order valence-corrected chi connectivity index (χ2v) is 5.32. The van der Waals surface area contributed by atoms with Crippen molar-refractivity contribution in [3.63, 3.8) is 0 Å². The minimum absolute atomic E-state index is 0.386. The molecule has 2 heteroatoms.